The summed E-state index contributed by atoms with van der Waals surface area (Å²) in [4.78, 5) is 21.7. The molecule has 0 saturated carbocycles. The van der Waals surface area contributed by atoms with Gasteiger partial charge in [-0.05, 0) is 17.9 Å². The van der Waals surface area contributed by atoms with Gasteiger partial charge in [0.2, 0.25) is 10.0 Å². The van der Waals surface area contributed by atoms with Gasteiger partial charge >= 0.3 is 12.1 Å². The molecule has 112 valence electrons. The van der Waals surface area contributed by atoms with Crippen LogP contribution in [0, 0.1) is 6.92 Å². The Balaban J connectivity index is 2.90. The topological polar surface area (TPSA) is 125 Å². The summed E-state index contributed by atoms with van der Waals surface area (Å²) in [6.45, 7) is 1.21. The molecule has 20 heavy (non-hydrogen) atoms. The second-order valence-corrected chi connectivity index (χ2v) is 6.22. The number of nitrogens with two attached hydrogens (primary N) is 1. The lowest BCUT2D eigenvalue weighted by Gasteiger charge is -2.08. The van der Waals surface area contributed by atoms with Gasteiger partial charge in [-0.1, -0.05) is 0 Å². The van der Waals surface area contributed by atoms with E-state index in [0.29, 0.717) is 5.56 Å². The number of nitrogens with one attached hydrogen (secondary N) is 1. The van der Waals surface area contributed by atoms with E-state index in [1.165, 1.54) is 7.11 Å². The lowest BCUT2D eigenvalue weighted by molar-refractivity contribution is 0.0602. The highest BCUT2D eigenvalue weighted by atomic mass is 32.2. The number of aryl methyl sites for hydroxylation is 1. The predicted molar refractivity (Wildman–Crippen MR) is 71.1 cm³/mol. The highest BCUT2D eigenvalue weighted by molar-refractivity contribution is 7.89. The summed E-state index contributed by atoms with van der Waals surface area (Å²) in [5.41, 5.74) is 5.17. The number of amides is 1. The predicted octanol–water partition coefficient (Wildman–Crippen LogP) is 0.217. The molecule has 0 bridgehead atoms. The fraction of sp³-hybridized carbons (Fsp3) is 0.400. The van der Waals surface area contributed by atoms with E-state index in [9.17, 15) is 18.0 Å². The molecule has 1 aromatic heterocycles. The van der Waals surface area contributed by atoms with E-state index < -0.39 is 22.1 Å². The van der Waals surface area contributed by atoms with Crippen molar-refractivity contribution in [3.05, 3.63) is 15.8 Å². The summed E-state index contributed by atoms with van der Waals surface area (Å²) in [7, 11) is -2.74. The van der Waals surface area contributed by atoms with E-state index in [0.717, 1.165) is 11.3 Å². The normalized spacial score (nSPS) is 11.1. The molecule has 0 aliphatic carbocycles. The van der Waals surface area contributed by atoms with Crippen LogP contribution in [-0.4, -0.2) is 40.7 Å². The zero-order valence-electron chi connectivity index (χ0n) is 10.8. The van der Waals surface area contributed by atoms with Gasteiger partial charge in [0.05, 0.1) is 7.11 Å². The molecule has 10 heteroatoms. The van der Waals surface area contributed by atoms with Gasteiger partial charge in [0, 0.05) is 6.54 Å². The molecule has 1 amide bonds. The largest absolute Gasteiger partial charge is 0.465 e. The average molecular weight is 322 g/mol. The molecule has 1 rings (SSSR count). The Morgan fingerprint density at radius 1 is 1.45 bits per heavy atom. The van der Waals surface area contributed by atoms with Crippen LogP contribution < -0.4 is 10.5 Å². The summed E-state index contributed by atoms with van der Waals surface area (Å²) in [5, 5.41) is 1.54. The summed E-state index contributed by atoms with van der Waals surface area (Å²) < 4.78 is 35.4. The number of hydrogen-bond acceptors (Lipinski definition) is 7. The number of esters is 1. The average Bonchev–Trinajstić information content (AvgIpc) is 2.76. The molecular formula is C10H14N2O6S2. The number of ether oxygens (including phenoxy) is 2. The number of carbonyl (C=O) groups excluding carboxylic acids is 2. The van der Waals surface area contributed by atoms with Crippen LogP contribution in [-0.2, 0) is 19.5 Å². The second kappa shape index (κ2) is 6.68. The molecule has 0 aliphatic rings. The number of thiophene rings is 1. The third-order valence-electron chi connectivity index (χ3n) is 2.20. The monoisotopic (exact) mass is 322 g/mol. The molecule has 0 unspecified atom stereocenters. The van der Waals surface area contributed by atoms with Gasteiger partial charge in [0.15, 0.2) is 0 Å². The van der Waals surface area contributed by atoms with Gasteiger partial charge in [0.25, 0.3) is 0 Å². The molecule has 0 radical (unpaired) electrons. The molecule has 0 aliphatic heterocycles. The van der Waals surface area contributed by atoms with Crippen LogP contribution in [0.15, 0.2) is 10.3 Å². The van der Waals surface area contributed by atoms with Crippen molar-refractivity contribution >= 4 is 33.4 Å². The van der Waals surface area contributed by atoms with Crippen LogP contribution in [0.2, 0.25) is 0 Å². The van der Waals surface area contributed by atoms with Crippen molar-refractivity contribution in [1.82, 2.24) is 4.72 Å². The van der Waals surface area contributed by atoms with Crippen molar-refractivity contribution in [2.45, 2.75) is 11.8 Å². The van der Waals surface area contributed by atoms with Crippen LogP contribution >= 0.6 is 11.3 Å². The highest BCUT2D eigenvalue weighted by Gasteiger charge is 2.27. The molecule has 0 aromatic carbocycles. The fourth-order valence-electron chi connectivity index (χ4n) is 1.40. The van der Waals surface area contributed by atoms with Gasteiger partial charge < -0.3 is 15.2 Å². The molecule has 1 heterocycles. The van der Waals surface area contributed by atoms with Crippen molar-refractivity contribution in [1.29, 1.82) is 0 Å². The Bertz CT molecular complexity index is 607. The minimum absolute atomic E-state index is 0.00619. The molecule has 1 aromatic rings. The Kier molecular flexibility index (Phi) is 5.48. The minimum atomic E-state index is -3.90. The smallest absolute Gasteiger partial charge is 0.404 e. The highest BCUT2D eigenvalue weighted by Crippen LogP contribution is 2.27. The maximum absolute atomic E-state index is 12.1. The SMILES string of the molecule is COC(=O)c1scc(C)c1S(=O)(=O)NCCOC(N)=O. The van der Waals surface area contributed by atoms with E-state index in [-0.39, 0.29) is 22.9 Å². The number of methoxy groups -OCH3 is 1. The second-order valence-electron chi connectivity index (χ2n) is 3.63. The van der Waals surface area contributed by atoms with E-state index in [1.807, 2.05) is 0 Å². The molecular weight excluding hydrogens is 308 g/mol. The Morgan fingerprint density at radius 3 is 2.65 bits per heavy atom. The maximum atomic E-state index is 12.1. The summed E-state index contributed by atoms with van der Waals surface area (Å²) >= 11 is 0.981. The number of hydrogen-bond donors (Lipinski definition) is 2. The quantitative estimate of drug-likeness (QED) is 0.570. The first-order valence-corrected chi connectivity index (χ1v) is 7.74. The first-order valence-electron chi connectivity index (χ1n) is 5.38. The number of carbonyl (C=O) groups is 2. The molecule has 0 atom stereocenters. The van der Waals surface area contributed by atoms with Crippen molar-refractivity contribution in [2.24, 2.45) is 5.73 Å². The molecule has 8 nitrogen and oxygen atoms in total. The van der Waals surface area contributed by atoms with E-state index in [1.54, 1.807) is 12.3 Å². The van der Waals surface area contributed by atoms with Crippen LogP contribution in [0.3, 0.4) is 0 Å². The van der Waals surface area contributed by atoms with E-state index >= 15 is 0 Å². The summed E-state index contributed by atoms with van der Waals surface area (Å²) in [6, 6.07) is 0. The van der Waals surface area contributed by atoms with Crippen molar-refractivity contribution in [3.63, 3.8) is 0 Å². The van der Waals surface area contributed by atoms with Crippen LogP contribution in [0.5, 0.6) is 0 Å². The van der Waals surface area contributed by atoms with Crippen molar-refractivity contribution in [3.8, 4) is 0 Å². The third-order valence-corrected chi connectivity index (χ3v) is 5.05. The Labute approximate surface area is 119 Å². The standard InChI is InChI=1S/C10H14N2O6S2/c1-6-5-19-7(9(13)17-2)8(6)20(15,16)12-3-4-18-10(11)14/h5,12H,3-4H2,1-2H3,(H2,11,14). The van der Waals surface area contributed by atoms with Gasteiger partial charge in [-0.3, -0.25) is 0 Å². The first-order chi connectivity index (χ1) is 9.29. The summed E-state index contributed by atoms with van der Waals surface area (Å²) in [5.74, 6) is -0.725. The van der Waals surface area contributed by atoms with Crippen LogP contribution in [0.4, 0.5) is 4.79 Å². The molecule has 0 saturated heterocycles. The van der Waals surface area contributed by atoms with E-state index in [2.05, 4.69) is 14.2 Å². The van der Waals surface area contributed by atoms with Gasteiger partial charge in [-0.15, -0.1) is 11.3 Å². The van der Waals surface area contributed by atoms with Gasteiger partial charge in [-0.25, -0.2) is 22.7 Å². The first kappa shape index (κ1) is 16.4. The van der Waals surface area contributed by atoms with Crippen molar-refractivity contribution in [2.75, 3.05) is 20.3 Å². The van der Waals surface area contributed by atoms with Gasteiger partial charge in [-0.2, -0.15) is 0 Å². The van der Waals surface area contributed by atoms with E-state index in [4.69, 9.17) is 5.73 Å². The zero-order valence-corrected chi connectivity index (χ0v) is 12.5. The minimum Gasteiger partial charge on any atom is -0.465 e. The van der Waals surface area contributed by atoms with Gasteiger partial charge in [0.1, 0.15) is 16.4 Å². The Morgan fingerprint density at radius 2 is 2.10 bits per heavy atom. The van der Waals surface area contributed by atoms with Crippen LogP contribution in [0.25, 0.3) is 0 Å². The lowest BCUT2D eigenvalue weighted by atomic mass is 10.3. The zero-order chi connectivity index (χ0) is 15.3. The molecule has 3 N–H and O–H groups in total. The third kappa shape index (κ3) is 3.92. The number of rotatable bonds is 6. The maximum Gasteiger partial charge on any atom is 0.404 e. The van der Waals surface area contributed by atoms with Crippen molar-refractivity contribution < 1.29 is 27.5 Å². The van der Waals surface area contributed by atoms with Crippen LogP contribution in [0.1, 0.15) is 15.2 Å². The number of sulfonamides is 1. The molecule has 0 spiro atoms. The summed E-state index contributed by atoms with van der Waals surface area (Å²) in [6.07, 6.45) is -0.994. The lowest BCUT2D eigenvalue weighted by Crippen LogP contribution is -2.30. The number of primary amides is 1. The molecule has 0 fully saturated rings. The Hall–Kier alpha value is -1.65. The fourth-order valence-corrected chi connectivity index (χ4v) is 4.12.